The lowest BCUT2D eigenvalue weighted by Gasteiger charge is -2.27. The van der Waals surface area contributed by atoms with Gasteiger partial charge in [-0.3, -0.25) is 43.9 Å². The second-order valence-corrected chi connectivity index (χ2v) is 14.5. The number of halogens is 1. The van der Waals surface area contributed by atoms with Crippen molar-refractivity contribution in [3.63, 3.8) is 0 Å². The molecule has 6 N–H and O–H groups in total. The molecule has 2 atom stereocenters. The summed E-state index contributed by atoms with van der Waals surface area (Å²) in [5.41, 5.74) is 8.56. The van der Waals surface area contributed by atoms with E-state index < -0.39 is 47.4 Å². The Kier molecular flexibility index (Phi) is 14.3. The molecule has 1 unspecified atom stereocenters. The lowest BCUT2D eigenvalue weighted by atomic mass is 10.0. The monoisotopic (exact) mass is 830 g/mol. The number of ketones is 1. The van der Waals surface area contributed by atoms with E-state index in [4.69, 9.17) is 31.5 Å². The normalized spacial score (nSPS) is 18.0. The van der Waals surface area contributed by atoms with E-state index >= 15 is 0 Å². The molecule has 17 heteroatoms. The minimum atomic E-state index is -1.03. The van der Waals surface area contributed by atoms with E-state index in [1.807, 2.05) is 17.9 Å². The number of anilines is 2. The average molecular weight is 831 g/mol. The number of hydrogen-bond donors (Lipinski definition) is 5. The van der Waals surface area contributed by atoms with E-state index in [1.165, 1.54) is 18.2 Å². The maximum atomic E-state index is 13.2. The van der Waals surface area contributed by atoms with Gasteiger partial charge < -0.3 is 35.7 Å². The average Bonchev–Trinajstić information content (AvgIpc) is 3.78. The first-order valence-electron chi connectivity index (χ1n) is 19.5. The van der Waals surface area contributed by atoms with E-state index in [0.29, 0.717) is 93.2 Å². The molecule has 0 radical (unpaired) electrons. The number of phenols is 1. The minimum absolute atomic E-state index is 0.0476. The van der Waals surface area contributed by atoms with Crippen LogP contribution in [0.3, 0.4) is 0 Å². The SMILES string of the molecule is CCOc1cc(O)c(C(=O)/C=C/c2ccc(NCCOCCOCCNc3cccc4c3C(=O)N(C3CCC(=O)NC3=O)C4=O)cc2Cl)cc1CN1CCC[C@H]1C(N)=O. The number of benzene rings is 3. The van der Waals surface area contributed by atoms with Gasteiger partial charge in [-0.25, -0.2) is 0 Å². The molecule has 59 heavy (non-hydrogen) atoms. The maximum absolute atomic E-state index is 13.2. The first-order valence-corrected chi connectivity index (χ1v) is 19.9. The molecule has 0 bridgehead atoms. The zero-order chi connectivity index (χ0) is 42.1. The third-order valence-corrected chi connectivity index (χ3v) is 10.5. The van der Waals surface area contributed by atoms with Crippen LogP contribution in [0.15, 0.2) is 54.6 Å². The Morgan fingerprint density at radius 3 is 2.46 bits per heavy atom. The summed E-state index contributed by atoms with van der Waals surface area (Å²) in [6.45, 7) is 5.40. The van der Waals surface area contributed by atoms with Gasteiger partial charge in [0.05, 0.1) is 55.8 Å². The van der Waals surface area contributed by atoms with Crippen molar-refractivity contribution in [2.24, 2.45) is 5.73 Å². The van der Waals surface area contributed by atoms with Gasteiger partial charge in [0, 0.05) is 54.1 Å². The molecule has 0 aliphatic carbocycles. The highest BCUT2D eigenvalue weighted by Gasteiger charge is 2.45. The molecule has 0 saturated carbocycles. The number of primary amides is 1. The predicted octanol–water partition coefficient (Wildman–Crippen LogP) is 3.75. The summed E-state index contributed by atoms with van der Waals surface area (Å²) in [5, 5.41) is 19.7. The molecule has 0 aromatic heterocycles. The summed E-state index contributed by atoms with van der Waals surface area (Å²) in [4.78, 5) is 78.2. The summed E-state index contributed by atoms with van der Waals surface area (Å²) in [5.74, 6) is -2.84. The number of phenolic OH excluding ortho intramolecular Hbond substituents is 1. The fraction of sp³-hybridized carbons (Fsp3) is 0.381. The number of amides is 5. The number of carbonyl (C=O) groups excluding carboxylic acids is 6. The number of fused-ring (bicyclic) bond motifs is 1. The summed E-state index contributed by atoms with van der Waals surface area (Å²) in [6, 6.07) is 11.8. The topological polar surface area (TPSA) is 219 Å². The van der Waals surface area contributed by atoms with Gasteiger partial charge in [-0.05, 0) is 80.8 Å². The second-order valence-electron chi connectivity index (χ2n) is 14.1. The van der Waals surface area contributed by atoms with Gasteiger partial charge >= 0.3 is 0 Å². The van der Waals surface area contributed by atoms with Crippen molar-refractivity contribution in [3.8, 4) is 11.5 Å². The molecule has 2 saturated heterocycles. The van der Waals surface area contributed by atoms with Gasteiger partial charge in [0.15, 0.2) is 5.78 Å². The Morgan fingerprint density at radius 1 is 0.983 bits per heavy atom. The standard InChI is InChI=1S/C42H47ClN6O10/c1-2-59-36-23-35(51)29(21-26(36)24-48-16-4-7-32(48)39(44)53)34(50)12-9-25-8-10-27(22-30(25)43)45-14-17-57-19-20-58-18-15-46-31-6-3-5-28-38(31)42(56)49(41(28)55)33-11-13-37(52)47-40(33)54/h3,5-6,8-10,12,21-23,32-33,45-46,51H,2,4,7,11,13-20,24H2,1H3,(H2,44,53)(H,47,52,54)/b12-9+/t32-,33?/m0/s1. The Morgan fingerprint density at radius 2 is 1.75 bits per heavy atom. The fourth-order valence-electron chi connectivity index (χ4n) is 7.32. The van der Waals surface area contributed by atoms with Crippen LogP contribution in [0.4, 0.5) is 11.4 Å². The molecule has 16 nitrogen and oxygen atoms in total. The lowest BCUT2D eigenvalue weighted by molar-refractivity contribution is -0.136. The minimum Gasteiger partial charge on any atom is -0.507 e. The number of piperidine rings is 1. The number of allylic oxidation sites excluding steroid dienone is 1. The number of ether oxygens (including phenoxy) is 3. The van der Waals surface area contributed by atoms with Crippen LogP contribution in [0.1, 0.15) is 74.8 Å². The van der Waals surface area contributed by atoms with Crippen LogP contribution in [0.2, 0.25) is 5.02 Å². The fourth-order valence-corrected chi connectivity index (χ4v) is 7.56. The third-order valence-electron chi connectivity index (χ3n) is 10.2. The number of nitrogens with one attached hydrogen (secondary N) is 3. The zero-order valence-electron chi connectivity index (χ0n) is 32.6. The molecule has 2 fully saturated rings. The van der Waals surface area contributed by atoms with Crippen LogP contribution in [0.25, 0.3) is 6.08 Å². The quantitative estimate of drug-likeness (QED) is 0.0475. The number of hydrogen-bond acceptors (Lipinski definition) is 13. The molecule has 6 rings (SSSR count). The van der Waals surface area contributed by atoms with Crippen LogP contribution < -0.4 is 26.4 Å². The molecule has 3 aromatic rings. The van der Waals surface area contributed by atoms with Crippen molar-refractivity contribution in [2.45, 2.75) is 51.2 Å². The van der Waals surface area contributed by atoms with Gasteiger partial charge in [0.1, 0.15) is 17.5 Å². The van der Waals surface area contributed by atoms with Gasteiger partial charge in [0.2, 0.25) is 17.7 Å². The molecular weight excluding hydrogens is 784 g/mol. The zero-order valence-corrected chi connectivity index (χ0v) is 33.3. The van der Waals surface area contributed by atoms with Crippen molar-refractivity contribution in [1.82, 2.24) is 15.1 Å². The van der Waals surface area contributed by atoms with Crippen molar-refractivity contribution in [2.75, 3.05) is 63.3 Å². The molecule has 5 amide bonds. The number of aromatic hydroxyl groups is 1. The second kappa shape index (κ2) is 19.8. The van der Waals surface area contributed by atoms with E-state index in [2.05, 4.69) is 16.0 Å². The first-order chi connectivity index (χ1) is 28.5. The number of likely N-dealkylation sites (tertiary alicyclic amines) is 1. The largest absolute Gasteiger partial charge is 0.507 e. The van der Waals surface area contributed by atoms with Gasteiger partial charge in [0.25, 0.3) is 11.8 Å². The van der Waals surface area contributed by atoms with Gasteiger partial charge in [-0.15, -0.1) is 0 Å². The van der Waals surface area contributed by atoms with Crippen molar-refractivity contribution < 1.29 is 48.1 Å². The van der Waals surface area contributed by atoms with Crippen molar-refractivity contribution in [1.29, 1.82) is 0 Å². The van der Waals surface area contributed by atoms with Crippen molar-refractivity contribution >= 4 is 64.4 Å². The lowest BCUT2D eigenvalue weighted by Crippen LogP contribution is -2.54. The van der Waals surface area contributed by atoms with E-state index in [1.54, 1.807) is 36.4 Å². The highest BCUT2D eigenvalue weighted by molar-refractivity contribution is 6.32. The van der Waals surface area contributed by atoms with Crippen LogP contribution in [0, 0.1) is 0 Å². The highest BCUT2D eigenvalue weighted by Crippen LogP contribution is 2.34. The Hall–Kier alpha value is -5.81. The number of nitrogens with zero attached hydrogens (tertiary/aromatic N) is 2. The van der Waals surface area contributed by atoms with Crippen LogP contribution in [0.5, 0.6) is 11.5 Å². The Bertz CT molecular complexity index is 2140. The summed E-state index contributed by atoms with van der Waals surface area (Å²) >= 11 is 6.53. The van der Waals surface area contributed by atoms with Crippen molar-refractivity contribution in [3.05, 3.63) is 87.4 Å². The number of rotatable bonds is 20. The summed E-state index contributed by atoms with van der Waals surface area (Å²) in [7, 11) is 0. The first kappa shape index (κ1) is 42.8. The van der Waals surface area contributed by atoms with E-state index in [9.17, 15) is 33.9 Å². The predicted molar refractivity (Wildman–Crippen MR) is 218 cm³/mol. The molecular formula is C42H47ClN6O10. The van der Waals surface area contributed by atoms with E-state index in [0.717, 1.165) is 17.0 Å². The summed E-state index contributed by atoms with van der Waals surface area (Å²) in [6.07, 6.45) is 4.56. The number of imide groups is 2. The van der Waals surface area contributed by atoms with E-state index in [-0.39, 0.29) is 35.3 Å². The molecule has 312 valence electrons. The molecule has 3 aliphatic rings. The third kappa shape index (κ3) is 10.3. The van der Waals surface area contributed by atoms with Crippen LogP contribution in [-0.4, -0.2) is 115 Å². The Labute approximate surface area is 346 Å². The molecule has 3 aliphatic heterocycles. The van der Waals surface area contributed by atoms with Gasteiger partial charge in [-0.2, -0.15) is 0 Å². The van der Waals surface area contributed by atoms with Gasteiger partial charge in [-0.1, -0.05) is 23.7 Å². The molecule has 3 heterocycles. The molecule has 0 spiro atoms. The number of carbonyl (C=O) groups is 6. The van der Waals surface area contributed by atoms with Crippen LogP contribution >= 0.6 is 11.6 Å². The number of nitrogens with two attached hydrogens (primary N) is 1. The Balaban J connectivity index is 0.903. The summed E-state index contributed by atoms with van der Waals surface area (Å²) < 4.78 is 17.0. The smallest absolute Gasteiger partial charge is 0.264 e. The molecule has 3 aromatic carbocycles. The highest BCUT2D eigenvalue weighted by atomic mass is 35.5. The van der Waals surface area contributed by atoms with Crippen LogP contribution in [-0.2, 0) is 30.4 Å². The maximum Gasteiger partial charge on any atom is 0.264 e.